The Labute approximate surface area is 150 Å². The molecular weight excluding hydrogens is 336 g/mol. The van der Waals surface area contributed by atoms with Gasteiger partial charge in [0.05, 0.1) is 6.54 Å². The summed E-state index contributed by atoms with van der Waals surface area (Å²) in [7, 11) is 3.36. The maximum absolute atomic E-state index is 12.7. The molecule has 2 aromatic rings. The lowest BCUT2D eigenvalue weighted by atomic mass is 9.99. The largest absolute Gasteiger partial charge is 0.478 e. The number of carboxylic acid groups (broad SMARTS) is 1. The van der Waals surface area contributed by atoms with Crippen molar-refractivity contribution in [2.24, 2.45) is 0 Å². The number of furan rings is 1. The van der Waals surface area contributed by atoms with E-state index < -0.39 is 5.97 Å². The molecule has 1 aliphatic rings. The number of aryl methyl sites for hydroxylation is 2. The highest BCUT2D eigenvalue weighted by atomic mass is 16.4. The second-order valence-corrected chi connectivity index (χ2v) is 6.45. The summed E-state index contributed by atoms with van der Waals surface area (Å²) < 4.78 is 5.43. The number of rotatable bonds is 4. The molecule has 0 bridgehead atoms. The maximum atomic E-state index is 12.7. The van der Waals surface area contributed by atoms with E-state index in [9.17, 15) is 14.4 Å². The lowest BCUT2D eigenvalue weighted by Crippen LogP contribution is -2.31. The van der Waals surface area contributed by atoms with Crippen molar-refractivity contribution in [1.29, 1.82) is 0 Å². The van der Waals surface area contributed by atoms with Crippen LogP contribution in [0.15, 0.2) is 28.7 Å². The van der Waals surface area contributed by atoms with Crippen molar-refractivity contribution in [2.45, 2.75) is 26.3 Å². The van der Waals surface area contributed by atoms with Crippen LogP contribution in [-0.4, -0.2) is 41.9 Å². The molecule has 0 spiro atoms. The minimum atomic E-state index is -1.06. The minimum Gasteiger partial charge on any atom is -0.478 e. The van der Waals surface area contributed by atoms with Gasteiger partial charge < -0.3 is 19.3 Å². The average Bonchev–Trinajstić information content (AvgIpc) is 2.97. The highest BCUT2D eigenvalue weighted by molar-refractivity contribution is 5.98. The SMILES string of the molecule is Cc1oc(CN(C)C(=O)c2ccc3c(c2)CCC(=O)N3C)cc1C(=O)O. The standard InChI is InChI=1S/C19H20N2O5/c1-11-15(19(24)25)9-14(26-11)10-20(2)18(23)13-4-6-16-12(8-13)5-7-17(22)21(16)3/h4,6,8-9H,5,7,10H2,1-3H3,(H,24,25). The Bertz CT molecular complexity index is 899. The number of hydrogen-bond donors (Lipinski definition) is 1. The second kappa shape index (κ2) is 6.67. The molecule has 0 aliphatic carbocycles. The zero-order valence-electron chi connectivity index (χ0n) is 14.9. The fourth-order valence-electron chi connectivity index (χ4n) is 3.15. The third-order valence-electron chi connectivity index (χ3n) is 4.61. The van der Waals surface area contributed by atoms with Crippen molar-refractivity contribution in [2.75, 3.05) is 19.0 Å². The molecule has 136 valence electrons. The Balaban J connectivity index is 1.78. The van der Waals surface area contributed by atoms with Crippen LogP contribution >= 0.6 is 0 Å². The zero-order valence-corrected chi connectivity index (χ0v) is 14.9. The highest BCUT2D eigenvalue weighted by Gasteiger charge is 2.23. The van der Waals surface area contributed by atoms with E-state index in [-0.39, 0.29) is 23.9 Å². The van der Waals surface area contributed by atoms with Crippen LogP contribution in [0.1, 0.15) is 44.2 Å². The Morgan fingerprint density at radius 2 is 2.00 bits per heavy atom. The van der Waals surface area contributed by atoms with Gasteiger partial charge in [0, 0.05) is 31.8 Å². The quantitative estimate of drug-likeness (QED) is 0.909. The molecule has 2 amide bonds. The number of nitrogens with zero attached hydrogens (tertiary/aromatic N) is 2. The number of fused-ring (bicyclic) bond motifs is 1. The number of anilines is 1. The molecule has 0 saturated heterocycles. The molecule has 1 aliphatic heterocycles. The van der Waals surface area contributed by atoms with E-state index in [2.05, 4.69) is 0 Å². The van der Waals surface area contributed by atoms with E-state index in [0.717, 1.165) is 11.3 Å². The highest BCUT2D eigenvalue weighted by Crippen LogP contribution is 2.28. The van der Waals surface area contributed by atoms with Gasteiger partial charge >= 0.3 is 5.97 Å². The Hall–Kier alpha value is -3.09. The average molecular weight is 356 g/mol. The van der Waals surface area contributed by atoms with E-state index in [4.69, 9.17) is 9.52 Å². The lowest BCUT2D eigenvalue weighted by Gasteiger charge is -2.26. The fraction of sp³-hybridized carbons (Fsp3) is 0.316. The molecule has 0 atom stereocenters. The monoisotopic (exact) mass is 356 g/mol. The maximum Gasteiger partial charge on any atom is 0.339 e. The van der Waals surface area contributed by atoms with Crippen LogP contribution in [0, 0.1) is 6.92 Å². The first-order valence-electron chi connectivity index (χ1n) is 8.25. The number of benzene rings is 1. The van der Waals surface area contributed by atoms with Gasteiger partial charge in [0.2, 0.25) is 5.91 Å². The predicted octanol–water partition coefficient (Wildman–Crippen LogP) is 2.47. The third-order valence-corrected chi connectivity index (χ3v) is 4.61. The first-order valence-corrected chi connectivity index (χ1v) is 8.25. The summed E-state index contributed by atoms with van der Waals surface area (Å²) in [5.41, 5.74) is 2.42. The van der Waals surface area contributed by atoms with Crippen molar-refractivity contribution in [3.05, 3.63) is 52.5 Å². The van der Waals surface area contributed by atoms with Crippen LogP contribution in [0.5, 0.6) is 0 Å². The van der Waals surface area contributed by atoms with Crippen molar-refractivity contribution in [1.82, 2.24) is 4.90 Å². The first-order chi connectivity index (χ1) is 12.3. The fourth-order valence-corrected chi connectivity index (χ4v) is 3.15. The van der Waals surface area contributed by atoms with Gasteiger partial charge in [-0.25, -0.2) is 4.79 Å². The third kappa shape index (κ3) is 3.20. The molecule has 7 nitrogen and oxygen atoms in total. The zero-order chi connectivity index (χ0) is 19.0. The van der Waals surface area contributed by atoms with Gasteiger partial charge in [0.1, 0.15) is 17.1 Å². The summed E-state index contributed by atoms with van der Waals surface area (Å²) >= 11 is 0. The van der Waals surface area contributed by atoms with Crippen molar-refractivity contribution in [3.8, 4) is 0 Å². The van der Waals surface area contributed by atoms with Crippen molar-refractivity contribution < 1.29 is 23.9 Å². The number of aromatic carboxylic acids is 1. The number of carbonyl (C=O) groups is 3. The molecule has 1 aromatic carbocycles. The van der Waals surface area contributed by atoms with Crippen LogP contribution in [0.4, 0.5) is 5.69 Å². The van der Waals surface area contributed by atoms with Gasteiger partial charge in [-0.05, 0) is 43.2 Å². The molecule has 0 fully saturated rings. The molecular formula is C19H20N2O5. The molecule has 3 rings (SSSR count). The van der Waals surface area contributed by atoms with Crippen LogP contribution in [-0.2, 0) is 17.8 Å². The molecule has 0 unspecified atom stereocenters. The lowest BCUT2D eigenvalue weighted by molar-refractivity contribution is -0.118. The summed E-state index contributed by atoms with van der Waals surface area (Å²) in [6.07, 6.45) is 1.04. The number of amides is 2. The van der Waals surface area contributed by atoms with Crippen LogP contribution in [0.3, 0.4) is 0 Å². The topological polar surface area (TPSA) is 91.1 Å². The summed E-state index contributed by atoms with van der Waals surface area (Å²) in [6, 6.07) is 6.73. The molecule has 0 saturated carbocycles. The molecule has 1 aromatic heterocycles. The Morgan fingerprint density at radius 1 is 1.27 bits per heavy atom. The van der Waals surface area contributed by atoms with Crippen molar-refractivity contribution >= 4 is 23.5 Å². The van der Waals surface area contributed by atoms with E-state index in [1.165, 1.54) is 11.0 Å². The summed E-state index contributed by atoms with van der Waals surface area (Å²) in [5, 5.41) is 9.08. The van der Waals surface area contributed by atoms with E-state index in [1.54, 1.807) is 38.1 Å². The van der Waals surface area contributed by atoms with Gasteiger partial charge in [-0.2, -0.15) is 0 Å². The molecule has 7 heteroatoms. The van der Waals surface area contributed by atoms with E-state index in [0.29, 0.717) is 29.9 Å². The predicted molar refractivity (Wildman–Crippen MR) is 94.4 cm³/mol. The van der Waals surface area contributed by atoms with Crippen LogP contribution in [0.25, 0.3) is 0 Å². The molecule has 2 heterocycles. The molecule has 1 N–H and O–H groups in total. The second-order valence-electron chi connectivity index (χ2n) is 6.45. The normalized spacial score (nSPS) is 13.5. The summed E-state index contributed by atoms with van der Waals surface area (Å²) in [5.74, 6) is -0.455. The minimum absolute atomic E-state index is 0.0659. The van der Waals surface area contributed by atoms with Gasteiger partial charge in [-0.3, -0.25) is 9.59 Å². The van der Waals surface area contributed by atoms with Crippen molar-refractivity contribution in [3.63, 3.8) is 0 Å². The Morgan fingerprint density at radius 3 is 2.65 bits per heavy atom. The van der Waals surface area contributed by atoms with Gasteiger partial charge in [0.15, 0.2) is 0 Å². The smallest absolute Gasteiger partial charge is 0.339 e. The van der Waals surface area contributed by atoms with Crippen LogP contribution in [0.2, 0.25) is 0 Å². The first kappa shape index (κ1) is 17.7. The Kier molecular flexibility index (Phi) is 4.54. The van der Waals surface area contributed by atoms with E-state index >= 15 is 0 Å². The molecule has 26 heavy (non-hydrogen) atoms. The number of carboxylic acids is 1. The van der Waals surface area contributed by atoms with Gasteiger partial charge in [-0.1, -0.05) is 0 Å². The molecule has 0 radical (unpaired) electrons. The van der Waals surface area contributed by atoms with E-state index in [1.807, 2.05) is 6.07 Å². The van der Waals surface area contributed by atoms with Gasteiger partial charge in [-0.15, -0.1) is 0 Å². The van der Waals surface area contributed by atoms with Crippen LogP contribution < -0.4 is 4.90 Å². The van der Waals surface area contributed by atoms with Gasteiger partial charge in [0.25, 0.3) is 5.91 Å². The summed E-state index contributed by atoms with van der Waals surface area (Å²) in [6.45, 7) is 1.75. The number of hydrogen-bond acceptors (Lipinski definition) is 4. The number of carbonyl (C=O) groups excluding carboxylic acids is 2. The summed E-state index contributed by atoms with van der Waals surface area (Å²) in [4.78, 5) is 38.6.